The fourth-order valence-electron chi connectivity index (χ4n) is 1.74. The van der Waals surface area contributed by atoms with Crippen LogP contribution in [-0.2, 0) is 4.43 Å². The Balaban J connectivity index is 3.11. The molecule has 0 aromatic heterocycles. The van der Waals surface area contributed by atoms with Gasteiger partial charge in [-0.25, -0.2) is 0 Å². The third-order valence-corrected chi connectivity index (χ3v) is 3.46. The molecular weight excluding hydrogens is 200 g/mol. The van der Waals surface area contributed by atoms with Crippen LogP contribution in [0.3, 0.4) is 0 Å². The molecule has 0 aromatic rings. The van der Waals surface area contributed by atoms with Gasteiger partial charge in [0.25, 0.3) is 0 Å². The molecule has 0 saturated heterocycles. The molecule has 0 bridgehead atoms. The van der Waals surface area contributed by atoms with E-state index < -0.39 is 0 Å². The first-order valence-electron chi connectivity index (χ1n) is 6.47. The van der Waals surface area contributed by atoms with Crippen LogP contribution in [0, 0.1) is 0 Å². The van der Waals surface area contributed by atoms with E-state index in [0.29, 0.717) is 0 Å². The zero-order valence-electron chi connectivity index (χ0n) is 10.8. The second-order valence-corrected chi connectivity index (χ2v) is 5.29. The van der Waals surface area contributed by atoms with Gasteiger partial charge in [0.15, 0.2) is 0 Å². The molecule has 0 amide bonds. The van der Waals surface area contributed by atoms with E-state index in [1.165, 1.54) is 51.4 Å². The lowest BCUT2D eigenvalue weighted by Gasteiger charge is -2.22. The molecule has 0 aliphatic heterocycles. The number of hydrogen-bond acceptors (Lipinski definition) is 1. The highest BCUT2D eigenvalue weighted by molar-refractivity contribution is 5.98. The van der Waals surface area contributed by atoms with Crippen molar-refractivity contribution >= 4 is 10.5 Å². The molecule has 0 saturated carbocycles. The monoisotopic (exact) mass is 227 g/mol. The molecule has 0 aliphatic carbocycles. The van der Waals surface area contributed by atoms with Gasteiger partial charge in [0.2, 0.25) is 10.5 Å². The SMILES string of the molecule is CCCCCCCCCCC(C)(C)O[Si]. The summed E-state index contributed by atoms with van der Waals surface area (Å²) in [7, 11) is 3.13. The minimum atomic E-state index is -0.000893. The first kappa shape index (κ1) is 15.2. The van der Waals surface area contributed by atoms with E-state index in [1.54, 1.807) is 0 Å². The first-order valence-corrected chi connectivity index (χ1v) is 6.88. The minimum absolute atomic E-state index is 0.000893. The summed E-state index contributed by atoms with van der Waals surface area (Å²) in [4.78, 5) is 0. The van der Waals surface area contributed by atoms with Crippen molar-refractivity contribution in [2.75, 3.05) is 0 Å². The van der Waals surface area contributed by atoms with Gasteiger partial charge < -0.3 is 4.43 Å². The third kappa shape index (κ3) is 10.5. The second kappa shape index (κ2) is 9.41. The summed E-state index contributed by atoms with van der Waals surface area (Å²) >= 11 is 0. The normalized spacial score (nSPS) is 12.0. The molecule has 89 valence electrons. The highest BCUT2D eigenvalue weighted by Crippen LogP contribution is 2.18. The molecule has 0 N–H and O–H groups in total. The summed E-state index contributed by atoms with van der Waals surface area (Å²) in [6.07, 6.45) is 12.2. The molecule has 15 heavy (non-hydrogen) atoms. The van der Waals surface area contributed by atoms with E-state index in [4.69, 9.17) is 4.43 Å². The van der Waals surface area contributed by atoms with Gasteiger partial charge in [0.05, 0.1) is 0 Å². The van der Waals surface area contributed by atoms with Crippen molar-refractivity contribution < 1.29 is 4.43 Å². The Hall–Kier alpha value is 0.177. The summed E-state index contributed by atoms with van der Waals surface area (Å²) in [5.41, 5.74) is -0.000893. The Kier molecular flexibility index (Phi) is 9.52. The molecule has 0 fully saturated rings. The average Bonchev–Trinajstić information content (AvgIpc) is 2.22. The summed E-state index contributed by atoms with van der Waals surface area (Å²) < 4.78 is 5.20. The largest absolute Gasteiger partial charge is 0.414 e. The Bertz CT molecular complexity index is 134. The molecule has 0 spiro atoms. The minimum Gasteiger partial charge on any atom is -0.414 e. The standard InChI is InChI=1S/C13H27OSi/c1-4-5-6-7-8-9-10-11-12-13(2,3)14-15/h4-12H2,1-3H3. The fourth-order valence-corrected chi connectivity index (χ4v) is 1.84. The molecule has 1 nitrogen and oxygen atoms in total. The predicted molar refractivity (Wildman–Crippen MR) is 68.1 cm³/mol. The lowest BCUT2D eigenvalue weighted by molar-refractivity contribution is 0.109. The molecule has 0 aromatic carbocycles. The van der Waals surface area contributed by atoms with E-state index in [9.17, 15) is 0 Å². The maximum absolute atomic E-state index is 5.20. The van der Waals surface area contributed by atoms with Crippen LogP contribution in [0.25, 0.3) is 0 Å². The van der Waals surface area contributed by atoms with Gasteiger partial charge in [0, 0.05) is 5.60 Å². The predicted octanol–water partition coefficient (Wildman–Crippen LogP) is 4.40. The molecule has 0 unspecified atom stereocenters. The molecule has 0 rings (SSSR count). The van der Waals surface area contributed by atoms with Gasteiger partial charge in [-0.3, -0.25) is 0 Å². The summed E-state index contributed by atoms with van der Waals surface area (Å²) in [5, 5.41) is 0. The van der Waals surface area contributed by atoms with Gasteiger partial charge in [-0.05, 0) is 20.3 Å². The maximum Gasteiger partial charge on any atom is 0.246 e. The van der Waals surface area contributed by atoms with E-state index >= 15 is 0 Å². The number of hydrogen-bond donors (Lipinski definition) is 0. The van der Waals surface area contributed by atoms with Crippen LogP contribution in [0.4, 0.5) is 0 Å². The summed E-state index contributed by atoms with van der Waals surface area (Å²) in [6.45, 7) is 6.52. The van der Waals surface area contributed by atoms with Crippen LogP contribution in [0.2, 0.25) is 0 Å². The van der Waals surface area contributed by atoms with Gasteiger partial charge in [-0.15, -0.1) is 0 Å². The smallest absolute Gasteiger partial charge is 0.246 e. The molecular formula is C13H27OSi. The second-order valence-electron chi connectivity index (χ2n) is 5.09. The highest BCUT2D eigenvalue weighted by atomic mass is 28.2. The molecule has 0 aliphatic rings. The van der Waals surface area contributed by atoms with Crippen LogP contribution in [0.1, 0.15) is 78.6 Å². The summed E-state index contributed by atoms with van der Waals surface area (Å²) in [6, 6.07) is 0. The molecule has 0 heterocycles. The van der Waals surface area contributed by atoms with Crippen LogP contribution >= 0.6 is 0 Å². The van der Waals surface area contributed by atoms with Crippen molar-refractivity contribution in [3.8, 4) is 0 Å². The van der Waals surface area contributed by atoms with Gasteiger partial charge >= 0.3 is 0 Å². The van der Waals surface area contributed by atoms with Crippen molar-refractivity contribution in [3.63, 3.8) is 0 Å². The highest BCUT2D eigenvalue weighted by Gasteiger charge is 2.14. The van der Waals surface area contributed by atoms with Crippen LogP contribution in [-0.4, -0.2) is 16.1 Å². The van der Waals surface area contributed by atoms with Gasteiger partial charge in [0.1, 0.15) is 0 Å². The molecule has 0 atom stereocenters. The van der Waals surface area contributed by atoms with Crippen molar-refractivity contribution in [1.29, 1.82) is 0 Å². The van der Waals surface area contributed by atoms with E-state index in [1.807, 2.05) is 0 Å². The number of rotatable bonds is 10. The Morgan fingerprint density at radius 1 is 0.867 bits per heavy atom. The third-order valence-electron chi connectivity index (χ3n) is 2.91. The molecule has 2 heteroatoms. The maximum atomic E-state index is 5.20. The van der Waals surface area contributed by atoms with Crippen molar-refractivity contribution in [2.24, 2.45) is 0 Å². The van der Waals surface area contributed by atoms with E-state index in [0.717, 1.165) is 6.42 Å². The molecule has 3 radical (unpaired) electrons. The Morgan fingerprint density at radius 2 is 1.33 bits per heavy atom. The van der Waals surface area contributed by atoms with Crippen molar-refractivity contribution in [2.45, 2.75) is 84.2 Å². The summed E-state index contributed by atoms with van der Waals surface area (Å²) in [5.74, 6) is 0. The zero-order chi connectivity index (χ0) is 11.6. The average molecular weight is 227 g/mol. The van der Waals surface area contributed by atoms with Crippen molar-refractivity contribution in [1.82, 2.24) is 0 Å². The van der Waals surface area contributed by atoms with E-state index in [2.05, 4.69) is 31.3 Å². The first-order chi connectivity index (χ1) is 7.12. The zero-order valence-corrected chi connectivity index (χ0v) is 11.8. The van der Waals surface area contributed by atoms with Gasteiger partial charge in [-0.1, -0.05) is 58.3 Å². The van der Waals surface area contributed by atoms with Crippen LogP contribution in [0.5, 0.6) is 0 Å². The fraction of sp³-hybridized carbons (Fsp3) is 1.00. The lowest BCUT2D eigenvalue weighted by Crippen LogP contribution is -2.22. The van der Waals surface area contributed by atoms with Crippen molar-refractivity contribution in [3.05, 3.63) is 0 Å². The van der Waals surface area contributed by atoms with Crippen LogP contribution < -0.4 is 0 Å². The Morgan fingerprint density at radius 3 is 1.80 bits per heavy atom. The number of unbranched alkanes of at least 4 members (excludes halogenated alkanes) is 7. The van der Waals surface area contributed by atoms with Crippen LogP contribution in [0.15, 0.2) is 0 Å². The van der Waals surface area contributed by atoms with E-state index in [-0.39, 0.29) is 5.60 Å². The lowest BCUT2D eigenvalue weighted by atomic mass is 9.99. The Labute approximate surface area is 99.5 Å². The quantitative estimate of drug-likeness (QED) is 0.397. The van der Waals surface area contributed by atoms with Gasteiger partial charge in [-0.2, -0.15) is 0 Å². The topological polar surface area (TPSA) is 9.23 Å².